The van der Waals surface area contributed by atoms with Gasteiger partial charge in [-0.05, 0) is 43.7 Å². The molecule has 12 heteroatoms. The van der Waals surface area contributed by atoms with Gasteiger partial charge < -0.3 is 28.1 Å². The fourth-order valence-electron chi connectivity index (χ4n) is 4.66. The summed E-state index contributed by atoms with van der Waals surface area (Å²) in [4.78, 5) is 34.1. The summed E-state index contributed by atoms with van der Waals surface area (Å²) in [5, 5.41) is 0. The average Bonchev–Trinajstić information content (AvgIpc) is 3.54. The molecule has 204 valence electrons. The lowest BCUT2D eigenvalue weighted by Gasteiger charge is -2.32. The van der Waals surface area contributed by atoms with Gasteiger partial charge in [0.2, 0.25) is 0 Å². The Hall–Kier alpha value is -4.32. The van der Waals surface area contributed by atoms with Crippen LogP contribution in [0.15, 0.2) is 43.0 Å². The summed E-state index contributed by atoms with van der Waals surface area (Å²) in [5.74, 6) is -2.30. The van der Waals surface area contributed by atoms with E-state index in [9.17, 15) is 9.59 Å². The number of halogens is 2. The molecule has 0 aliphatic carbocycles. The van der Waals surface area contributed by atoms with Crippen LogP contribution in [0.4, 0.5) is 13.6 Å². The van der Waals surface area contributed by atoms with Crippen molar-refractivity contribution in [3.63, 3.8) is 0 Å². The van der Waals surface area contributed by atoms with Gasteiger partial charge in [-0.15, -0.1) is 0 Å². The molecule has 10 nitrogen and oxygen atoms in total. The van der Waals surface area contributed by atoms with Crippen molar-refractivity contribution in [3.8, 4) is 16.9 Å². The van der Waals surface area contributed by atoms with Crippen LogP contribution in [0.1, 0.15) is 28.7 Å². The number of pyridine rings is 1. The van der Waals surface area contributed by atoms with Crippen LogP contribution in [0.3, 0.4) is 0 Å². The zero-order valence-electron chi connectivity index (χ0n) is 21.7. The number of aryl methyl sites for hydroxylation is 1. The van der Waals surface area contributed by atoms with Crippen LogP contribution in [-0.4, -0.2) is 75.4 Å². The molecule has 0 saturated carbocycles. The highest BCUT2D eigenvalue weighted by Crippen LogP contribution is 2.33. The summed E-state index contributed by atoms with van der Waals surface area (Å²) in [5.41, 5.74) is 2.01. The normalized spacial score (nSPS) is 15.5. The van der Waals surface area contributed by atoms with E-state index >= 15 is 8.78 Å². The average molecular weight is 540 g/mol. The van der Waals surface area contributed by atoms with Crippen molar-refractivity contribution < 1.29 is 32.6 Å². The van der Waals surface area contributed by atoms with Gasteiger partial charge in [-0.25, -0.2) is 28.3 Å². The van der Waals surface area contributed by atoms with E-state index in [1.165, 1.54) is 29.1 Å². The Kier molecular flexibility index (Phi) is 7.29. The third-order valence-corrected chi connectivity index (χ3v) is 6.50. The predicted molar refractivity (Wildman–Crippen MR) is 136 cm³/mol. The minimum absolute atomic E-state index is 0.0215. The Morgan fingerprint density at radius 3 is 2.69 bits per heavy atom. The molecule has 39 heavy (non-hydrogen) atoms. The number of carbonyl (C=O) groups is 2. The van der Waals surface area contributed by atoms with Gasteiger partial charge in [-0.3, -0.25) is 0 Å². The van der Waals surface area contributed by atoms with Crippen molar-refractivity contribution in [2.45, 2.75) is 26.4 Å². The van der Waals surface area contributed by atoms with E-state index in [1.54, 1.807) is 17.5 Å². The maximum Gasteiger partial charge on any atom is 0.409 e. The third kappa shape index (κ3) is 5.19. The van der Waals surface area contributed by atoms with Crippen LogP contribution in [0.25, 0.3) is 22.6 Å². The topological polar surface area (TPSA) is 100 Å². The number of hydrogen-bond acceptors (Lipinski definition) is 7. The number of benzene rings is 1. The van der Waals surface area contributed by atoms with E-state index in [4.69, 9.17) is 14.2 Å². The number of fused-ring (bicyclic) bond motifs is 1. The molecule has 0 radical (unpaired) electrons. The summed E-state index contributed by atoms with van der Waals surface area (Å²) < 4.78 is 50.0. The molecule has 0 spiro atoms. The summed E-state index contributed by atoms with van der Waals surface area (Å²) in [7, 11) is 1.31. The number of nitrogens with zero attached hydrogens (tertiary/aromatic N) is 5. The van der Waals surface area contributed by atoms with Gasteiger partial charge >= 0.3 is 12.1 Å². The Balaban J connectivity index is 1.53. The molecular formula is C27H27F2N5O5. The molecule has 1 atom stereocenters. The minimum Gasteiger partial charge on any atom is -0.461 e. The molecule has 4 heterocycles. The Labute approximate surface area is 222 Å². The molecule has 0 bridgehead atoms. The number of methoxy groups -OCH3 is 1. The van der Waals surface area contributed by atoms with Gasteiger partial charge in [-0.2, -0.15) is 0 Å². The largest absolute Gasteiger partial charge is 0.461 e. The second-order valence-electron chi connectivity index (χ2n) is 9.12. The molecule has 4 aromatic rings. The number of esters is 1. The molecule has 1 aromatic carbocycles. The molecule has 3 aromatic heterocycles. The van der Waals surface area contributed by atoms with E-state index in [1.807, 2.05) is 19.1 Å². The van der Waals surface area contributed by atoms with Crippen LogP contribution in [0.5, 0.6) is 0 Å². The monoisotopic (exact) mass is 539 g/mol. The number of amides is 1. The highest BCUT2D eigenvalue weighted by molar-refractivity contribution is 5.87. The first-order chi connectivity index (χ1) is 18.8. The van der Waals surface area contributed by atoms with Crippen molar-refractivity contribution in [1.29, 1.82) is 0 Å². The van der Waals surface area contributed by atoms with Crippen molar-refractivity contribution in [2.24, 2.45) is 0 Å². The standard InChI is InChI=1S/C27H27F2N5O5/c1-4-38-26(35)21-14-33(15-30-21)17-10-19(28)24(20(29)11-17)25-22(34-6-5-16(2)9-23(34)31-25)12-18-13-32(7-8-39-18)27(36)37-3/h5-6,9-11,14-15,18H,4,7-8,12-13H2,1-3H3/t18-/m0/s1. The Morgan fingerprint density at radius 2 is 1.97 bits per heavy atom. The number of aromatic nitrogens is 4. The highest BCUT2D eigenvalue weighted by atomic mass is 19.1. The number of ether oxygens (including phenoxy) is 3. The lowest BCUT2D eigenvalue weighted by molar-refractivity contribution is -0.0241. The molecular weight excluding hydrogens is 512 g/mol. The van der Waals surface area contributed by atoms with Crippen molar-refractivity contribution in [1.82, 2.24) is 23.8 Å². The minimum atomic E-state index is -0.835. The van der Waals surface area contributed by atoms with Crippen LogP contribution < -0.4 is 0 Å². The molecule has 1 fully saturated rings. The maximum atomic E-state index is 15.6. The summed E-state index contributed by atoms with van der Waals surface area (Å²) in [6.07, 6.45) is 3.78. The first kappa shape index (κ1) is 26.3. The number of rotatable bonds is 6. The van der Waals surface area contributed by atoms with Gasteiger partial charge in [0.15, 0.2) is 5.69 Å². The van der Waals surface area contributed by atoms with Crippen LogP contribution in [0, 0.1) is 18.6 Å². The van der Waals surface area contributed by atoms with Gasteiger partial charge in [0.1, 0.15) is 23.6 Å². The summed E-state index contributed by atoms with van der Waals surface area (Å²) >= 11 is 0. The molecule has 5 rings (SSSR count). The zero-order valence-corrected chi connectivity index (χ0v) is 21.7. The second-order valence-corrected chi connectivity index (χ2v) is 9.12. The highest BCUT2D eigenvalue weighted by Gasteiger charge is 2.29. The molecule has 1 saturated heterocycles. The van der Waals surface area contributed by atoms with Crippen LogP contribution in [0.2, 0.25) is 0 Å². The van der Waals surface area contributed by atoms with E-state index in [0.29, 0.717) is 24.5 Å². The van der Waals surface area contributed by atoms with Crippen molar-refractivity contribution >= 4 is 17.7 Å². The third-order valence-electron chi connectivity index (χ3n) is 6.50. The van der Waals surface area contributed by atoms with Gasteiger partial charge in [0.25, 0.3) is 0 Å². The smallest absolute Gasteiger partial charge is 0.409 e. The van der Waals surface area contributed by atoms with E-state index in [0.717, 1.165) is 17.7 Å². The van der Waals surface area contributed by atoms with E-state index in [-0.39, 0.29) is 42.2 Å². The predicted octanol–water partition coefficient (Wildman–Crippen LogP) is 3.96. The lowest BCUT2D eigenvalue weighted by atomic mass is 10.0. The number of hydrogen-bond donors (Lipinski definition) is 0. The molecule has 0 unspecified atom stereocenters. The fraction of sp³-hybridized carbons (Fsp3) is 0.333. The first-order valence-corrected chi connectivity index (χ1v) is 12.4. The number of imidazole rings is 2. The number of carbonyl (C=O) groups excluding carboxylic acids is 2. The van der Waals surface area contributed by atoms with Gasteiger partial charge in [-0.1, -0.05) is 0 Å². The zero-order chi connectivity index (χ0) is 27.7. The quantitative estimate of drug-likeness (QED) is 0.342. The van der Waals surface area contributed by atoms with E-state index < -0.39 is 29.8 Å². The first-order valence-electron chi connectivity index (χ1n) is 12.4. The van der Waals surface area contributed by atoms with Gasteiger partial charge in [0.05, 0.1) is 55.6 Å². The Morgan fingerprint density at radius 1 is 1.21 bits per heavy atom. The molecule has 1 amide bonds. The Bertz CT molecular complexity index is 1530. The van der Waals surface area contributed by atoms with Gasteiger partial charge in [0, 0.05) is 25.4 Å². The van der Waals surface area contributed by atoms with E-state index in [2.05, 4.69) is 9.97 Å². The maximum absolute atomic E-state index is 15.6. The lowest BCUT2D eigenvalue weighted by Crippen LogP contribution is -2.46. The second kappa shape index (κ2) is 10.8. The van der Waals surface area contributed by atoms with Crippen LogP contribution in [-0.2, 0) is 20.6 Å². The van der Waals surface area contributed by atoms with Crippen molar-refractivity contribution in [3.05, 3.63) is 71.6 Å². The molecule has 0 N–H and O–H groups in total. The SMILES string of the molecule is CCOC(=O)c1cn(-c2cc(F)c(-c3nc4cc(C)ccn4c3C[C@H]3CN(C(=O)OC)CCO3)c(F)c2)cn1. The van der Waals surface area contributed by atoms with Crippen LogP contribution >= 0.6 is 0 Å². The summed E-state index contributed by atoms with van der Waals surface area (Å²) in [6.45, 7) is 4.71. The summed E-state index contributed by atoms with van der Waals surface area (Å²) in [6, 6.07) is 6.01. The fourth-order valence-corrected chi connectivity index (χ4v) is 4.66. The molecule has 1 aliphatic rings. The molecule has 1 aliphatic heterocycles. The number of morpholine rings is 1. The van der Waals surface area contributed by atoms with Crippen molar-refractivity contribution in [2.75, 3.05) is 33.4 Å².